The van der Waals surface area contributed by atoms with Crippen molar-refractivity contribution in [1.29, 1.82) is 0 Å². The normalized spacial score (nSPS) is 10.0. The van der Waals surface area contributed by atoms with Gasteiger partial charge in [0.2, 0.25) is 0 Å². The van der Waals surface area contributed by atoms with Crippen LogP contribution in [0.15, 0.2) is 42.5 Å². The standard InChI is InChI=1S/C16H16N2O5/c1-11-3-8-14(15(9-11)22-2)23-10-16(19)17-12-4-6-13(7-5-12)18(20)21/h3-9H,10H2,1-2H3,(H,17,19). The molecular formula is C16H16N2O5. The van der Waals surface area contributed by atoms with E-state index < -0.39 is 4.92 Å². The first-order chi connectivity index (χ1) is 11.0. The Morgan fingerprint density at radius 1 is 1.17 bits per heavy atom. The number of carbonyl (C=O) groups is 1. The van der Waals surface area contributed by atoms with Crippen molar-refractivity contribution in [2.24, 2.45) is 0 Å². The van der Waals surface area contributed by atoms with Crippen LogP contribution in [0.4, 0.5) is 11.4 Å². The summed E-state index contributed by atoms with van der Waals surface area (Å²) in [6.07, 6.45) is 0. The Bertz CT molecular complexity index is 713. The lowest BCUT2D eigenvalue weighted by Crippen LogP contribution is -2.20. The van der Waals surface area contributed by atoms with Crippen LogP contribution in [0.1, 0.15) is 5.56 Å². The minimum atomic E-state index is -0.502. The van der Waals surface area contributed by atoms with Crippen LogP contribution >= 0.6 is 0 Å². The average Bonchev–Trinajstić information content (AvgIpc) is 2.54. The maximum absolute atomic E-state index is 11.9. The van der Waals surface area contributed by atoms with Crippen molar-refractivity contribution < 1.29 is 19.2 Å². The van der Waals surface area contributed by atoms with Crippen molar-refractivity contribution in [3.63, 3.8) is 0 Å². The predicted molar refractivity (Wildman–Crippen MR) is 85.0 cm³/mol. The van der Waals surface area contributed by atoms with E-state index in [2.05, 4.69) is 5.32 Å². The van der Waals surface area contributed by atoms with Crippen LogP contribution in [0, 0.1) is 17.0 Å². The third-order valence-corrected chi connectivity index (χ3v) is 3.04. The molecule has 0 unspecified atom stereocenters. The van der Waals surface area contributed by atoms with E-state index in [1.54, 1.807) is 6.07 Å². The number of hydrogen-bond acceptors (Lipinski definition) is 5. The van der Waals surface area contributed by atoms with Gasteiger partial charge in [-0.25, -0.2) is 0 Å². The van der Waals surface area contributed by atoms with Crippen molar-refractivity contribution in [3.8, 4) is 11.5 Å². The summed E-state index contributed by atoms with van der Waals surface area (Å²) in [6, 6.07) is 11.0. The van der Waals surface area contributed by atoms with Crippen LogP contribution in [0.3, 0.4) is 0 Å². The Hall–Kier alpha value is -3.09. The summed E-state index contributed by atoms with van der Waals surface area (Å²) in [5.41, 5.74) is 1.44. The molecule has 0 saturated heterocycles. The third-order valence-electron chi connectivity index (χ3n) is 3.04. The maximum Gasteiger partial charge on any atom is 0.269 e. The second-order valence-corrected chi connectivity index (χ2v) is 4.80. The van der Waals surface area contributed by atoms with E-state index >= 15 is 0 Å². The molecule has 0 saturated carbocycles. The Morgan fingerprint density at radius 3 is 2.48 bits per heavy atom. The van der Waals surface area contributed by atoms with Gasteiger partial charge in [0.15, 0.2) is 18.1 Å². The van der Waals surface area contributed by atoms with E-state index in [0.29, 0.717) is 17.2 Å². The quantitative estimate of drug-likeness (QED) is 0.653. The number of amides is 1. The van der Waals surface area contributed by atoms with E-state index in [1.165, 1.54) is 31.4 Å². The van der Waals surface area contributed by atoms with Crippen LogP contribution < -0.4 is 14.8 Å². The molecule has 0 aliphatic carbocycles. The molecule has 120 valence electrons. The van der Waals surface area contributed by atoms with E-state index in [9.17, 15) is 14.9 Å². The summed E-state index contributed by atoms with van der Waals surface area (Å²) in [4.78, 5) is 21.9. The number of ether oxygens (including phenoxy) is 2. The van der Waals surface area contributed by atoms with Gasteiger partial charge in [-0.05, 0) is 36.8 Å². The summed E-state index contributed by atoms with van der Waals surface area (Å²) in [7, 11) is 1.53. The van der Waals surface area contributed by atoms with Crippen molar-refractivity contribution >= 4 is 17.3 Å². The molecule has 7 nitrogen and oxygen atoms in total. The zero-order chi connectivity index (χ0) is 16.8. The molecule has 0 aromatic heterocycles. The van der Waals surface area contributed by atoms with Crippen LogP contribution in [-0.4, -0.2) is 24.5 Å². The Kier molecular flexibility index (Phi) is 5.14. The molecule has 7 heteroatoms. The topological polar surface area (TPSA) is 90.7 Å². The van der Waals surface area contributed by atoms with E-state index in [4.69, 9.17) is 9.47 Å². The average molecular weight is 316 g/mol. The smallest absolute Gasteiger partial charge is 0.269 e. The van der Waals surface area contributed by atoms with Gasteiger partial charge in [-0.2, -0.15) is 0 Å². The highest BCUT2D eigenvalue weighted by Gasteiger charge is 2.09. The van der Waals surface area contributed by atoms with E-state index in [1.807, 2.05) is 19.1 Å². The number of carbonyl (C=O) groups excluding carboxylic acids is 1. The molecule has 0 aliphatic rings. The minimum Gasteiger partial charge on any atom is -0.493 e. The molecule has 2 rings (SSSR count). The highest BCUT2D eigenvalue weighted by molar-refractivity contribution is 5.92. The number of methoxy groups -OCH3 is 1. The van der Waals surface area contributed by atoms with Gasteiger partial charge in [-0.1, -0.05) is 6.07 Å². The minimum absolute atomic E-state index is 0.0383. The van der Waals surface area contributed by atoms with Gasteiger partial charge in [0.1, 0.15) is 0 Å². The largest absolute Gasteiger partial charge is 0.493 e. The third kappa shape index (κ3) is 4.44. The number of anilines is 1. The number of nitrogens with zero attached hydrogens (tertiary/aromatic N) is 1. The number of nitro benzene ring substituents is 1. The number of aryl methyl sites for hydroxylation is 1. The number of nitrogens with one attached hydrogen (secondary N) is 1. The molecule has 2 aromatic rings. The first-order valence-electron chi connectivity index (χ1n) is 6.81. The van der Waals surface area contributed by atoms with Gasteiger partial charge >= 0.3 is 0 Å². The van der Waals surface area contributed by atoms with Crippen LogP contribution in [-0.2, 0) is 4.79 Å². The molecule has 0 heterocycles. The molecule has 0 aliphatic heterocycles. The van der Waals surface area contributed by atoms with Gasteiger partial charge in [-0.3, -0.25) is 14.9 Å². The molecule has 0 spiro atoms. The van der Waals surface area contributed by atoms with Crippen molar-refractivity contribution in [2.75, 3.05) is 19.0 Å². The SMILES string of the molecule is COc1cc(C)ccc1OCC(=O)Nc1ccc([N+](=O)[O-])cc1. The first kappa shape index (κ1) is 16.3. The van der Waals surface area contributed by atoms with Gasteiger partial charge in [-0.15, -0.1) is 0 Å². The van der Waals surface area contributed by atoms with Crippen molar-refractivity contribution in [1.82, 2.24) is 0 Å². The van der Waals surface area contributed by atoms with Gasteiger partial charge in [0.25, 0.3) is 11.6 Å². The monoisotopic (exact) mass is 316 g/mol. The molecular weight excluding hydrogens is 300 g/mol. The van der Waals surface area contributed by atoms with Gasteiger partial charge in [0, 0.05) is 17.8 Å². The molecule has 1 amide bonds. The predicted octanol–water partition coefficient (Wildman–Crippen LogP) is 2.93. The highest BCUT2D eigenvalue weighted by atomic mass is 16.6. The van der Waals surface area contributed by atoms with Gasteiger partial charge in [0.05, 0.1) is 12.0 Å². The lowest BCUT2D eigenvalue weighted by molar-refractivity contribution is -0.384. The number of rotatable bonds is 6. The number of hydrogen-bond donors (Lipinski definition) is 1. The zero-order valence-corrected chi connectivity index (χ0v) is 12.7. The second kappa shape index (κ2) is 7.26. The Labute approximate surface area is 133 Å². The summed E-state index contributed by atoms with van der Waals surface area (Å²) < 4.78 is 10.6. The fourth-order valence-electron chi connectivity index (χ4n) is 1.90. The summed E-state index contributed by atoms with van der Waals surface area (Å²) in [5, 5.41) is 13.2. The molecule has 0 atom stereocenters. The Morgan fingerprint density at radius 2 is 1.87 bits per heavy atom. The summed E-state index contributed by atoms with van der Waals surface area (Å²) >= 11 is 0. The zero-order valence-electron chi connectivity index (χ0n) is 12.7. The van der Waals surface area contributed by atoms with E-state index in [0.717, 1.165) is 5.56 Å². The number of benzene rings is 2. The van der Waals surface area contributed by atoms with Crippen molar-refractivity contribution in [3.05, 3.63) is 58.1 Å². The molecule has 1 N–H and O–H groups in total. The van der Waals surface area contributed by atoms with Gasteiger partial charge < -0.3 is 14.8 Å². The molecule has 0 fully saturated rings. The fourth-order valence-corrected chi connectivity index (χ4v) is 1.90. The number of nitro groups is 1. The lowest BCUT2D eigenvalue weighted by atomic mass is 10.2. The van der Waals surface area contributed by atoms with Crippen molar-refractivity contribution in [2.45, 2.75) is 6.92 Å². The first-order valence-corrected chi connectivity index (χ1v) is 6.81. The summed E-state index contributed by atoms with van der Waals surface area (Å²) in [5.74, 6) is 0.645. The fraction of sp³-hybridized carbons (Fsp3) is 0.188. The van der Waals surface area contributed by atoms with Crippen LogP contribution in [0.2, 0.25) is 0 Å². The van der Waals surface area contributed by atoms with Crippen LogP contribution in [0.5, 0.6) is 11.5 Å². The van der Waals surface area contributed by atoms with E-state index in [-0.39, 0.29) is 18.2 Å². The lowest BCUT2D eigenvalue weighted by Gasteiger charge is -2.11. The molecule has 23 heavy (non-hydrogen) atoms. The number of non-ortho nitro benzene ring substituents is 1. The molecule has 0 bridgehead atoms. The van der Waals surface area contributed by atoms with Crippen LogP contribution in [0.25, 0.3) is 0 Å². The highest BCUT2D eigenvalue weighted by Crippen LogP contribution is 2.27. The second-order valence-electron chi connectivity index (χ2n) is 4.80. The Balaban J connectivity index is 1.94. The molecule has 0 radical (unpaired) electrons. The maximum atomic E-state index is 11.9. The summed E-state index contributed by atoms with van der Waals surface area (Å²) in [6.45, 7) is 1.73. The molecule has 2 aromatic carbocycles.